The van der Waals surface area contributed by atoms with Crippen LogP contribution in [0.3, 0.4) is 0 Å². The Labute approximate surface area is 102 Å². The summed E-state index contributed by atoms with van der Waals surface area (Å²) in [4.78, 5) is 11.5. The molecule has 2 N–H and O–H groups in total. The molecule has 0 fully saturated rings. The van der Waals surface area contributed by atoms with E-state index in [9.17, 15) is 4.79 Å². The predicted molar refractivity (Wildman–Crippen MR) is 69.0 cm³/mol. The number of carbonyl (C=O) groups is 1. The van der Waals surface area contributed by atoms with Crippen LogP contribution in [0, 0.1) is 0 Å². The molecule has 0 aliphatic carbocycles. The third kappa shape index (κ3) is 6.71. The van der Waals surface area contributed by atoms with Gasteiger partial charge in [0.1, 0.15) is 6.61 Å². The second-order valence-corrected chi connectivity index (χ2v) is 4.08. The minimum absolute atomic E-state index is 0.0919. The van der Waals surface area contributed by atoms with E-state index in [1.807, 2.05) is 30.3 Å². The molecule has 0 aliphatic rings. The van der Waals surface area contributed by atoms with Crippen molar-refractivity contribution in [1.29, 1.82) is 0 Å². The van der Waals surface area contributed by atoms with Crippen molar-refractivity contribution in [3.05, 3.63) is 30.3 Å². The Morgan fingerprint density at radius 2 is 2.00 bits per heavy atom. The first-order chi connectivity index (χ1) is 8.18. The Hall–Kier alpha value is -1.39. The van der Waals surface area contributed by atoms with Gasteiger partial charge in [-0.1, -0.05) is 32.0 Å². The zero-order valence-corrected chi connectivity index (χ0v) is 10.4. The molecule has 17 heavy (non-hydrogen) atoms. The standard InChI is InChI=1S/C13H20N2O2/c1-11(2)14-8-9-17-10-13(16)15-12-6-4-3-5-7-12/h3-7,11,14H,8-10H2,1-2H3,(H,15,16). The van der Waals surface area contributed by atoms with Gasteiger partial charge in [0, 0.05) is 18.3 Å². The average molecular weight is 236 g/mol. The molecule has 0 heterocycles. The van der Waals surface area contributed by atoms with E-state index in [0.29, 0.717) is 12.6 Å². The van der Waals surface area contributed by atoms with Gasteiger partial charge < -0.3 is 15.4 Å². The number of hydrogen-bond acceptors (Lipinski definition) is 3. The quantitative estimate of drug-likeness (QED) is 0.708. The molecule has 1 amide bonds. The molecule has 0 atom stereocenters. The van der Waals surface area contributed by atoms with Gasteiger partial charge in [0.2, 0.25) is 5.91 Å². The average Bonchev–Trinajstić information content (AvgIpc) is 2.29. The first kappa shape index (κ1) is 13.7. The molecule has 1 rings (SSSR count). The highest BCUT2D eigenvalue weighted by atomic mass is 16.5. The second kappa shape index (κ2) is 7.81. The predicted octanol–water partition coefficient (Wildman–Crippen LogP) is 1.64. The van der Waals surface area contributed by atoms with Crippen LogP contribution in [-0.2, 0) is 9.53 Å². The van der Waals surface area contributed by atoms with E-state index in [1.165, 1.54) is 0 Å². The second-order valence-electron chi connectivity index (χ2n) is 4.08. The van der Waals surface area contributed by atoms with Gasteiger partial charge >= 0.3 is 0 Å². The van der Waals surface area contributed by atoms with Crippen LogP contribution in [0.15, 0.2) is 30.3 Å². The fourth-order valence-corrected chi connectivity index (χ4v) is 1.30. The monoisotopic (exact) mass is 236 g/mol. The maximum absolute atomic E-state index is 11.5. The van der Waals surface area contributed by atoms with E-state index in [4.69, 9.17) is 4.74 Å². The molecule has 0 saturated heterocycles. The van der Waals surface area contributed by atoms with Crippen molar-refractivity contribution in [1.82, 2.24) is 5.32 Å². The van der Waals surface area contributed by atoms with Crippen LogP contribution in [0.25, 0.3) is 0 Å². The third-order valence-corrected chi connectivity index (χ3v) is 2.09. The number of nitrogens with one attached hydrogen (secondary N) is 2. The van der Waals surface area contributed by atoms with Crippen molar-refractivity contribution >= 4 is 11.6 Å². The van der Waals surface area contributed by atoms with Crippen LogP contribution in [0.1, 0.15) is 13.8 Å². The molecule has 0 aromatic heterocycles. The molecule has 94 valence electrons. The van der Waals surface area contributed by atoms with Crippen molar-refractivity contribution in [2.24, 2.45) is 0 Å². The van der Waals surface area contributed by atoms with Gasteiger partial charge in [0.05, 0.1) is 6.61 Å². The first-order valence-corrected chi connectivity index (χ1v) is 5.84. The highest BCUT2D eigenvalue weighted by molar-refractivity contribution is 5.91. The zero-order chi connectivity index (χ0) is 12.5. The molecule has 4 nitrogen and oxygen atoms in total. The zero-order valence-electron chi connectivity index (χ0n) is 10.4. The van der Waals surface area contributed by atoms with Gasteiger partial charge in [0.15, 0.2) is 0 Å². The van der Waals surface area contributed by atoms with Crippen molar-refractivity contribution in [2.75, 3.05) is 25.1 Å². The van der Waals surface area contributed by atoms with E-state index in [0.717, 1.165) is 12.2 Å². The van der Waals surface area contributed by atoms with Gasteiger partial charge in [-0.25, -0.2) is 0 Å². The third-order valence-electron chi connectivity index (χ3n) is 2.09. The van der Waals surface area contributed by atoms with Crippen molar-refractivity contribution < 1.29 is 9.53 Å². The molecule has 0 spiro atoms. The van der Waals surface area contributed by atoms with Gasteiger partial charge in [-0.05, 0) is 12.1 Å². The summed E-state index contributed by atoms with van der Waals surface area (Å²) >= 11 is 0. The molecular weight excluding hydrogens is 216 g/mol. The smallest absolute Gasteiger partial charge is 0.250 e. The molecular formula is C13H20N2O2. The molecule has 0 unspecified atom stereocenters. The highest BCUT2D eigenvalue weighted by Gasteiger charge is 2.01. The van der Waals surface area contributed by atoms with Gasteiger partial charge in [0.25, 0.3) is 0 Å². The topological polar surface area (TPSA) is 50.4 Å². The lowest BCUT2D eigenvalue weighted by atomic mass is 10.3. The molecule has 0 bridgehead atoms. The van der Waals surface area contributed by atoms with Gasteiger partial charge in [-0.15, -0.1) is 0 Å². The lowest BCUT2D eigenvalue weighted by molar-refractivity contribution is -0.120. The summed E-state index contributed by atoms with van der Waals surface area (Å²) in [6.07, 6.45) is 0. The van der Waals surface area contributed by atoms with Crippen LogP contribution in [0.2, 0.25) is 0 Å². The van der Waals surface area contributed by atoms with E-state index in [1.54, 1.807) is 0 Å². The SMILES string of the molecule is CC(C)NCCOCC(=O)Nc1ccccc1. The lowest BCUT2D eigenvalue weighted by Crippen LogP contribution is -2.28. The largest absolute Gasteiger partial charge is 0.370 e. The maximum Gasteiger partial charge on any atom is 0.250 e. The molecule has 4 heteroatoms. The Balaban J connectivity index is 2.10. The minimum Gasteiger partial charge on any atom is -0.370 e. The number of hydrogen-bond donors (Lipinski definition) is 2. The summed E-state index contributed by atoms with van der Waals surface area (Å²) in [6.45, 7) is 5.54. The first-order valence-electron chi connectivity index (χ1n) is 5.84. The summed E-state index contributed by atoms with van der Waals surface area (Å²) < 4.78 is 5.24. The van der Waals surface area contributed by atoms with Crippen molar-refractivity contribution in [3.63, 3.8) is 0 Å². The number of carbonyl (C=O) groups excluding carboxylic acids is 1. The van der Waals surface area contributed by atoms with Crippen molar-refractivity contribution in [3.8, 4) is 0 Å². The van der Waals surface area contributed by atoms with Gasteiger partial charge in [-0.2, -0.15) is 0 Å². The Bertz CT molecular complexity index is 325. The summed E-state index contributed by atoms with van der Waals surface area (Å²) in [5.41, 5.74) is 0.793. The van der Waals surface area contributed by atoms with Crippen molar-refractivity contribution in [2.45, 2.75) is 19.9 Å². The summed E-state index contributed by atoms with van der Waals surface area (Å²) in [5.74, 6) is -0.124. The Morgan fingerprint density at radius 3 is 2.65 bits per heavy atom. The highest BCUT2D eigenvalue weighted by Crippen LogP contribution is 2.04. The number of rotatable bonds is 7. The van der Waals surface area contributed by atoms with Crippen LogP contribution in [0.4, 0.5) is 5.69 Å². The van der Waals surface area contributed by atoms with Crippen LogP contribution >= 0.6 is 0 Å². The number of amides is 1. The lowest BCUT2D eigenvalue weighted by Gasteiger charge is -2.08. The van der Waals surface area contributed by atoms with Crippen LogP contribution in [-0.4, -0.2) is 31.7 Å². The van der Waals surface area contributed by atoms with E-state index in [-0.39, 0.29) is 12.5 Å². The molecule has 1 aromatic rings. The minimum atomic E-state index is -0.124. The molecule has 0 aliphatic heterocycles. The van der Waals surface area contributed by atoms with E-state index in [2.05, 4.69) is 24.5 Å². The fourth-order valence-electron chi connectivity index (χ4n) is 1.30. The van der Waals surface area contributed by atoms with Gasteiger partial charge in [-0.3, -0.25) is 4.79 Å². The fraction of sp³-hybridized carbons (Fsp3) is 0.462. The molecule has 0 radical (unpaired) electrons. The van der Waals surface area contributed by atoms with Crippen LogP contribution < -0.4 is 10.6 Å². The Morgan fingerprint density at radius 1 is 1.29 bits per heavy atom. The number of ether oxygens (including phenoxy) is 1. The van der Waals surface area contributed by atoms with E-state index < -0.39 is 0 Å². The summed E-state index contributed by atoms with van der Waals surface area (Å²) in [7, 11) is 0. The summed E-state index contributed by atoms with van der Waals surface area (Å²) in [5, 5.41) is 5.97. The normalized spacial score (nSPS) is 10.5. The molecule has 1 aromatic carbocycles. The summed E-state index contributed by atoms with van der Waals surface area (Å²) in [6, 6.07) is 9.79. The number of benzene rings is 1. The number of para-hydroxylation sites is 1. The number of anilines is 1. The molecule has 0 saturated carbocycles. The van der Waals surface area contributed by atoms with Crippen LogP contribution in [0.5, 0.6) is 0 Å². The maximum atomic E-state index is 11.5. The van der Waals surface area contributed by atoms with E-state index >= 15 is 0 Å². The Kier molecular flexibility index (Phi) is 6.29.